The highest BCUT2D eigenvalue weighted by molar-refractivity contribution is 6.30. The molecule has 0 spiro atoms. The number of anilines is 1. The third-order valence-corrected chi connectivity index (χ3v) is 3.39. The molecule has 18 heavy (non-hydrogen) atoms. The molecule has 1 N–H and O–H groups in total. The second-order valence-corrected chi connectivity index (χ2v) is 5.00. The first-order chi connectivity index (χ1) is 8.72. The maximum absolute atomic E-state index is 5.94. The van der Waals surface area contributed by atoms with Gasteiger partial charge in [-0.15, -0.1) is 0 Å². The molecule has 0 saturated carbocycles. The number of hydrogen-bond donors (Lipinski definition) is 1. The molecule has 0 bridgehead atoms. The first-order valence-corrected chi connectivity index (χ1v) is 6.35. The summed E-state index contributed by atoms with van der Waals surface area (Å²) in [4.78, 5) is 0. The number of benzene rings is 2. The molecule has 0 amide bonds. The SMILES string of the molecule is Cc1ccc([C@H]2COc3cc(Cl)ccc3N2)cc1. The van der Waals surface area contributed by atoms with E-state index in [9.17, 15) is 0 Å². The zero-order valence-electron chi connectivity index (χ0n) is 10.1. The summed E-state index contributed by atoms with van der Waals surface area (Å²) in [7, 11) is 0. The smallest absolute Gasteiger partial charge is 0.144 e. The molecule has 0 radical (unpaired) electrons. The fraction of sp³-hybridized carbons (Fsp3) is 0.200. The van der Waals surface area contributed by atoms with E-state index in [1.807, 2.05) is 18.2 Å². The van der Waals surface area contributed by atoms with E-state index in [1.54, 1.807) is 0 Å². The number of ether oxygens (including phenoxy) is 1. The number of fused-ring (bicyclic) bond motifs is 1. The molecule has 92 valence electrons. The van der Waals surface area contributed by atoms with Gasteiger partial charge in [-0.2, -0.15) is 0 Å². The third kappa shape index (κ3) is 2.16. The lowest BCUT2D eigenvalue weighted by atomic mass is 10.0. The van der Waals surface area contributed by atoms with Crippen molar-refractivity contribution in [2.24, 2.45) is 0 Å². The van der Waals surface area contributed by atoms with Crippen molar-refractivity contribution in [2.45, 2.75) is 13.0 Å². The molecule has 0 unspecified atom stereocenters. The van der Waals surface area contributed by atoms with Crippen molar-refractivity contribution in [3.63, 3.8) is 0 Å². The Morgan fingerprint density at radius 1 is 1.17 bits per heavy atom. The molecule has 1 aliphatic heterocycles. The molecular formula is C15H14ClNO. The van der Waals surface area contributed by atoms with E-state index in [0.29, 0.717) is 11.6 Å². The summed E-state index contributed by atoms with van der Waals surface area (Å²) in [5.74, 6) is 0.825. The number of aryl methyl sites for hydroxylation is 1. The molecule has 2 aromatic carbocycles. The molecule has 0 fully saturated rings. The van der Waals surface area contributed by atoms with Gasteiger partial charge in [-0.05, 0) is 24.6 Å². The maximum Gasteiger partial charge on any atom is 0.144 e. The van der Waals surface area contributed by atoms with Crippen LogP contribution < -0.4 is 10.1 Å². The Balaban J connectivity index is 1.86. The zero-order valence-corrected chi connectivity index (χ0v) is 10.9. The van der Waals surface area contributed by atoms with Crippen LogP contribution in [0.3, 0.4) is 0 Å². The molecule has 2 nitrogen and oxygen atoms in total. The van der Waals surface area contributed by atoms with Crippen LogP contribution >= 0.6 is 11.6 Å². The molecule has 1 aliphatic rings. The summed E-state index contributed by atoms with van der Waals surface area (Å²) in [5.41, 5.74) is 3.50. The lowest BCUT2D eigenvalue weighted by Gasteiger charge is -2.28. The highest BCUT2D eigenvalue weighted by atomic mass is 35.5. The van der Waals surface area contributed by atoms with Crippen molar-refractivity contribution in [3.8, 4) is 5.75 Å². The van der Waals surface area contributed by atoms with E-state index >= 15 is 0 Å². The summed E-state index contributed by atoms with van der Waals surface area (Å²) < 4.78 is 5.75. The minimum Gasteiger partial charge on any atom is -0.489 e. The first kappa shape index (κ1) is 11.4. The normalized spacial score (nSPS) is 17.6. The largest absolute Gasteiger partial charge is 0.489 e. The van der Waals surface area contributed by atoms with Crippen LogP contribution in [-0.2, 0) is 0 Å². The van der Waals surface area contributed by atoms with Gasteiger partial charge in [-0.1, -0.05) is 41.4 Å². The van der Waals surface area contributed by atoms with Crippen molar-refractivity contribution >= 4 is 17.3 Å². The van der Waals surface area contributed by atoms with Gasteiger partial charge < -0.3 is 10.1 Å². The zero-order chi connectivity index (χ0) is 12.5. The summed E-state index contributed by atoms with van der Waals surface area (Å²) in [6, 6.07) is 14.4. The molecule has 0 saturated heterocycles. The lowest BCUT2D eigenvalue weighted by molar-refractivity contribution is 0.286. The second kappa shape index (κ2) is 4.54. The van der Waals surface area contributed by atoms with Crippen LogP contribution in [0.4, 0.5) is 5.69 Å². The van der Waals surface area contributed by atoms with Crippen LogP contribution in [0.1, 0.15) is 17.2 Å². The fourth-order valence-electron chi connectivity index (χ4n) is 2.12. The number of rotatable bonds is 1. The van der Waals surface area contributed by atoms with Gasteiger partial charge in [-0.25, -0.2) is 0 Å². The van der Waals surface area contributed by atoms with Crippen molar-refractivity contribution in [1.82, 2.24) is 0 Å². The van der Waals surface area contributed by atoms with Gasteiger partial charge in [0, 0.05) is 11.1 Å². The van der Waals surface area contributed by atoms with Gasteiger partial charge >= 0.3 is 0 Å². The minimum absolute atomic E-state index is 0.194. The van der Waals surface area contributed by atoms with Gasteiger partial charge in [-0.3, -0.25) is 0 Å². The molecule has 1 heterocycles. The third-order valence-electron chi connectivity index (χ3n) is 3.16. The minimum atomic E-state index is 0.194. The van der Waals surface area contributed by atoms with E-state index in [2.05, 4.69) is 36.5 Å². The molecule has 0 aliphatic carbocycles. The van der Waals surface area contributed by atoms with Gasteiger partial charge in [0.05, 0.1) is 11.7 Å². The quantitative estimate of drug-likeness (QED) is 0.829. The van der Waals surface area contributed by atoms with E-state index < -0.39 is 0 Å². The predicted octanol–water partition coefficient (Wildman–Crippen LogP) is 4.19. The molecule has 3 rings (SSSR count). The van der Waals surface area contributed by atoms with Crippen molar-refractivity contribution < 1.29 is 4.74 Å². The molecule has 3 heteroatoms. The molecule has 1 atom stereocenters. The lowest BCUT2D eigenvalue weighted by Crippen LogP contribution is -2.23. The van der Waals surface area contributed by atoms with Gasteiger partial charge in [0.2, 0.25) is 0 Å². The Morgan fingerprint density at radius 2 is 1.94 bits per heavy atom. The molecule has 2 aromatic rings. The first-order valence-electron chi connectivity index (χ1n) is 5.98. The van der Waals surface area contributed by atoms with E-state index in [4.69, 9.17) is 16.3 Å². The summed E-state index contributed by atoms with van der Waals surface area (Å²) in [5, 5.41) is 4.17. The van der Waals surface area contributed by atoms with Crippen LogP contribution in [0.2, 0.25) is 5.02 Å². The Morgan fingerprint density at radius 3 is 2.72 bits per heavy atom. The predicted molar refractivity (Wildman–Crippen MR) is 74.5 cm³/mol. The maximum atomic E-state index is 5.94. The Kier molecular flexibility index (Phi) is 2.88. The van der Waals surface area contributed by atoms with Crippen LogP contribution in [0, 0.1) is 6.92 Å². The Labute approximate surface area is 112 Å². The van der Waals surface area contributed by atoms with Gasteiger partial charge in [0.1, 0.15) is 12.4 Å². The summed E-state index contributed by atoms with van der Waals surface area (Å²) in [6.45, 7) is 2.71. The number of nitrogens with one attached hydrogen (secondary N) is 1. The van der Waals surface area contributed by atoms with Crippen LogP contribution in [0.5, 0.6) is 5.75 Å². The number of hydrogen-bond acceptors (Lipinski definition) is 2. The van der Waals surface area contributed by atoms with Crippen LogP contribution in [0.25, 0.3) is 0 Å². The number of halogens is 1. The summed E-state index contributed by atoms with van der Waals surface area (Å²) in [6.07, 6.45) is 0. The highest BCUT2D eigenvalue weighted by Crippen LogP contribution is 2.35. The standard InChI is InChI=1S/C15H14ClNO/c1-10-2-4-11(5-3-10)14-9-18-15-8-12(16)6-7-13(15)17-14/h2-8,14,17H,9H2,1H3/t14-/m1/s1. The van der Waals surface area contributed by atoms with Gasteiger partial charge in [0.25, 0.3) is 0 Å². The Bertz CT molecular complexity index is 565. The summed E-state index contributed by atoms with van der Waals surface area (Å²) >= 11 is 5.94. The second-order valence-electron chi connectivity index (χ2n) is 4.56. The average molecular weight is 260 g/mol. The van der Waals surface area contributed by atoms with Crippen molar-refractivity contribution in [3.05, 3.63) is 58.6 Å². The highest BCUT2D eigenvalue weighted by Gasteiger charge is 2.20. The molecular weight excluding hydrogens is 246 g/mol. The van der Waals surface area contributed by atoms with E-state index in [1.165, 1.54) is 11.1 Å². The van der Waals surface area contributed by atoms with Crippen LogP contribution in [-0.4, -0.2) is 6.61 Å². The average Bonchev–Trinajstić information content (AvgIpc) is 2.39. The Hall–Kier alpha value is -1.67. The van der Waals surface area contributed by atoms with Crippen LogP contribution in [0.15, 0.2) is 42.5 Å². The van der Waals surface area contributed by atoms with Gasteiger partial charge in [0.15, 0.2) is 0 Å². The monoisotopic (exact) mass is 259 g/mol. The fourth-order valence-corrected chi connectivity index (χ4v) is 2.28. The van der Waals surface area contributed by atoms with Crippen molar-refractivity contribution in [2.75, 3.05) is 11.9 Å². The topological polar surface area (TPSA) is 21.3 Å². The van der Waals surface area contributed by atoms with E-state index in [0.717, 1.165) is 11.4 Å². The van der Waals surface area contributed by atoms with Crippen molar-refractivity contribution in [1.29, 1.82) is 0 Å². The molecule has 0 aromatic heterocycles. The van der Waals surface area contributed by atoms with E-state index in [-0.39, 0.29) is 6.04 Å².